The second-order valence-electron chi connectivity index (χ2n) is 4.67. The predicted octanol–water partition coefficient (Wildman–Crippen LogP) is 3.34. The van der Waals surface area contributed by atoms with Gasteiger partial charge in [0, 0.05) is 11.6 Å². The van der Waals surface area contributed by atoms with Crippen molar-refractivity contribution in [2.45, 2.75) is 38.0 Å². The van der Waals surface area contributed by atoms with Gasteiger partial charge < -0.3 is 5.11 Å². The average molecular weight is 249 g/mol. The maximum Gasteiger partial charge on any atom is 0.335 e. The van der Waals surface area contributed by atoms with Gasteiger partial charge >= 0.3 is 5.97 Å². The number of rotatable bonds is 3. The molecule has 0 heterocycles. The molecule has 1 aromatic rings. The topological polar surface area (TPSA) is 80.4 Å². The van der Waals surface area contributed by atoms with E-state index in [0.29, 0.717) is 5.56 Å². The number of aromatic carboxylic acids is 1. The van der Waals surface area contributed by atoms with E-state index >= 15 is 0 Å². The molecule has 0 spiro atoms. The van der Waals surface area contributed by atoms with Crippen LogP contribution in [0.2, 0.25) is 0 Å². The zero-order chi connectivity index (χ0) is 13.1. The molecule has 0 saturated heterocycles. The van der Waals surface area contributed by atoms with E-state index in [9.17, 15) is 14.9 Å². The number of carboxylic acids is 1. The van der Waals surface area contributed by atoms with E-state index in [1.165, 1.54) is 18.6 Å². The van der Waals surface area contributed by atoms with Crippen molar-refractivity contribution in [2.75, 3.05) is 0 Å². The minimum atomic E-state index is -1.13. The second kappa shape index (κ2) is 5.16. The van der Waals surface area contributed by atoms with Gasteiger partial charge in [-0.3, -0.25) is 10.1 Å². The predicted molar refractivity (Wildman–Crippen MR) is 65.9 cm³/mol. The summed E-state index contributed by atoms with van der Waals surface area (Å²) in [4.78, 5) is 21.4. The van der Waals surface area contributed by atoms with Crippen LogP contribution in [0, 0.1) is 10.1 Å². The molecule has 0 aromatic heterocycles. The summed E-state index contributed by atoms with van der Waals surface area (Å²) >= 11 is 0. The van der Waals surface area contributed by atoms with Crippen LogP contribution in [0.5, 0.6) is 0 Å². The fraction of sp³-hybridized carbons (Fsp3) is 0.462. The average Bonchev–Trinajstić information content (AvgIpc) is 2.39. The summed E-state index contributed by atoms with van der Waals surface area (Å²) < 4.78 is 0. The zero-order valence-electron chi connectivity index (χ0n) is 9.96. The second-order valence-corrected chi connectivity index (χ2v) is 4.67. The molecule has 5 heteroatoms. The van der Waals surface area contributed by atoms with Gasteiger partial charge in [0.1, 0.15) is 0 Å². The number of hydrogen-bond acceptors (Lipinski definition) is 3. The minimum absolute atomic E-state index is 0.0266. The zero-order valence-corrected chi connectivity index (χ0v) is 9.96. The lowest BCUT2D eigenvalue weighted by atomic mass is 9.83. The van der Waals surface area contributed by atoms with Crippen molar-refractivity contribution in [1.82, 2.24) is 0 Å². The Hall–Kier alpha value is -1.91. The van der Waals surface area contributed by atoms with Crippen LogP contribution in [0.25, 0.3) is 0 Å². The lowest BCUT2D eigenvalue weighted by Gasteiger charge is -2.21. The van der Waals surface area contributed by atoms with Gasteiger partial charge in [-0.1, -0.05) is 25.3 Å². The molecule has 96 valence electrons. The van der Waals surface area contributed by atoms with Crippen molar-refractivity contribution in [3.05, 3.63) is 39.4 Å². The number of hydrogen-bond donors (Lipinski definition) is 1. The van der Waals surface area contributed by atoms with Gasteiger partial charge in [-0.15, -0.1) is 0 Å². The summed E-state index contributed by atoms with van der Waals surface area (Å²) in [5.41, 5.74) is 0.604. The van der Waals surface area contributed by atoms with Crippen LogP contribution in [0.4, 0.5) is 5.69 Å². The Morgan fingerprint density at radius 2 is 1.94 bits per heavy atom. The summed E-state index contributed by atoms with van der Waals surface area (Å²) in [5.74, 6) is -0.935. The van der Waals surface area contributed by atoms with Gasteiger partial charge in [0.2, 0.25) is 0 Å². The summed E-state index contributed by atoms with van der Waals surface area (Å²) in [6.07, 6.45) is 5.25. The fourth-order valence-electron chi connectivity index (χ4n) is 2.59. The van der Waals surface area contributed by atoms with Crippen molar-refractivity contribution in [3.8, 4) is 0 Å². The van der Waals surface area contributed by atoms with Crippen LogP contribution in [0.1, 0.15) is 53.9 Å². The van der Waals surface area contributed by atoms with E-state index in [4.69, 9.17) is 5.11 Å². The summed E-state index contributed by atoms with van der Waals surface area (Å²) in [6.45, 7) is 0. The fourth-order valence-corrected chi connectivity index (χ4v) is 2.59. The van der Waals surface area contributed by atoms with Gasteiger partial charge in [0.15, 0.2) is 0 Å². The lowest BCUT2D eigenvalue weighted by Crippen LogP contribution is -2.08. The van der Waals surface area contributed by atoms with Gasteiger partial charge in [-0.05, 0) is 24.8 Å². The molecule has 5 nitrogen and oxygen atoms in total. The van der Waals surface area contributed by atoms with E-state index in [1.807, 2.05) is 0 Å². The molecular formula is C13H15NO4. The third-order valence-electron chi connectivity index (χ3n) is 3.52. The molecule has 1 fully saturated rings. The van der Waals surface area contributed by atoms with Crippen molar-refractivity contribution < 1.29 is 14.8 Å². The molecular weight excluding hydrogens is 234 g/mol. The molecule has 1 aromatic carbocycles. The van der Waals surface area contributed by atoms with Crippen LogP contribution >= 0.6 is 0 Å². The third kappa shape index (κ3) is 2.50. The van der Waals surface area contributed by atoms with Gasteiger partial charge in [0.25, 0.3) is 5.69 Å². The van der Waals surface area contributed by atoms with Crippen LogP contribution in [-0.2, 0) is 0 Å². The van der Waals surface area contributed by atoms with Crippen LogP contribution in [-0.4, -0.2) is 16.0 Å². The number of benzene rings is 1. The normalized spacial score (nSPS) is 16.4. The van der Waals surface area contributed by atoms with Gasteiger partial charge in [-0.25, -0.2) is 4.79 Å². The van der Waals surface area contributed by atoms with Crippen LogP contribution in [0.15, 0.2) is 18.2 Å². The highest BCUT2D eigenvalue weighted by atomic mass is 16.6. The van der Waals surface area contributed by atoms with E-state index in [2.05, 4.69) is 0 Å². The summed E-state index contributed by atoms with van der Waals surface area (Å²) in [5, 5.41) is 19.9. The maximum atomic E-state index is 11.1. The van der Waals surface area contributed by atoms with E-state index < -0.39 is 10.9 Å². The highest BCUT2D eigenvalue weighted by molar-refractivity contribution is 5.88. The summed E-state index contributed by atoms with van der Waals surface area (Å²) in [7, 11) is 0. The largest absolute Gasteiger partial charge is 0.478 e. The first-order valence-electron chi connectivity index (χ1n) is 6.11. The molecule has 0 atom stereocenters. The molecule has 1 aliphatic carbocycles. The van der Waals surface area contributed by atoms with Gasteiger partial charge in [0.05, 0.1) is 10.5 Å². The first-order chi connectivity index (χ1) is 8.59. The first-order valence-corrected chi connectivity index (χ1v) is 6.11. The SMILES string of the molecule is O=C(O)c1ccc(C2CCCCC2)c([N+](=O)[O-])c1. The van der Waals surface area contributed by atoms with Crippen molar-refractivity contribution in [3.63, 3.8) is 0 Å². The highest BCUT2D eigenvalue weighted by Crippen LogP contribution is 2.37. The Balaban J connectivity index is 2.39. The molecule has 0 unspecified atom stereocenters. The molecule has 2 rings (SSSR count). The molecule has 18 heavy (non-hydrogen) atoms. The minimum Gasteiger partial charge on any atom is -0.478 e. The quantitative estimate of drug-likeness (QED) is 0.658. The molecule has 0 radical (unpaired) electrons. The number of carboxylic acid groups (broad SMARTS) is 1. The Morgan fingerprint density at radius 3 is 2.50 bits per heavy atom. The Morgan fingerprint density at radius 1 is 1.28 bits per heavy atom. The monoisotopic (exact) mass is 249 g/mol. The van der Waals surface area contributed by atoms with Crippen molar-refractivity contribution >= 4 is 11.7 Å². The Kier molecular flexibility index (Phi) is 3.60. The number of nitro groups is 1. The highest BCUT2D eigenvalue weighted by Gasteiger charge is 2.25. The molecule has 0 amide bonds. The smallest absolute Gasteiger partial charge is 0.335 e. The molecule has 1 aliphatic rings. The molecule has 1 N–H and O–H groups in total. The van der Waals surface area contributed by atoms with Crippen molar-refractivity contribution in [1.29, 1.82) is 0 Å². The molecule has 0 bridgehead atoms. The van der Waals surface area contributed by atoms with E-state index in [-0.39, 0.29) is 17.2 Å². The van der Waals surface area contributed by atoms with Crippen LogP contribution in [0.3, 0.4) is 0 Å². The number of nitro benzene ring substituents is 1. The maximum absolute atomic E-state index is 11.1. The van der Waals surface area contributed by atoms with E-state index in [0.717, 1.165) is 25.7 Å². The lowest BCUT2D eigenvalue weighted by molar-refractivity contribution is -0.385. The summed E-state index contributed by atoms with van der Waals surface area (Å²) in [6, 6.07) is 4.24. The Bertz CT molecular complexity index is 478. The number of nitrogens with zero attached hydrogens (tertiary/aromatic N) is 1. The first kappa shape index (κ1) is 12.5. The van der Waals surface area contributed by atoms with Crippen LogP contribution < -0.4 is 0 Å². The number of carbonyl (C=O) groups is 1. The van der Waals surface area contributed by atoms with Gasteiger partial charge in [-0.2, -0.15) is 0 Å². The van der Waals surface area contributed by atoms with Crippen molar-refractivity contribution in [2.24, 2.45) is 0 Å². The Labute approximate surface area is 105 Å². The standard InChI is InChI=1S/C13H15NO4/c15-13(16)10-6-7-11(12(8-10)14(17)18)9-4-2-1-3-5-9/h6-9H,1-5H2,(H,15,16). The molecule has 1 saturated carbocycles. The third-order valence-corrected chi connectivity index (χ3v) is 3.52. The molecule has 0 aliphatic heterocycles. The van der Waals surface area contributed by atoms with E-state index in [1.54, 1.807) is 6.07 Å².